The molecule has 3 aromatic carbocycles. The number of fused-ring (bicyclic) bond motifs is 3. The van der Waals surface area contributed by atoms with E-state index < -0.39 is 29.7 Å². The lowest BCUT2D eigenvalue weighted by atomic mass is 9.77. The molecule has 5 amide bonds. The maximum absolute atomic E-state index is 13.8. The predicted molar refractivity (Wildman–Crippen MR) is 223 cm³/mol. The van der Waals surface area contributed by atoms with Crippen LogP contribution in [0.25, 0.3) is 4.85 Å². The molecule has 7 aliphatic heterocycles. The van der Waals surface area contributed by atoms with Gasteiger partial charge in [0.1, 0.15) is 6.04 Å². The van der Waals surface area contributed by atoms with Crippen molar-refractivity contribution in [2.45, 2.75) is 75.5 Å². The van der Waals surface area contributed by atoms with E-state index in [1.165, 1.54) is 5.69 Å². The van der Waals surface area contributed by atoms with Crippen LogP contribution in [0.4, 0.5) is 22.7 Å². The molecule has 2 bridgehead atoms. The normalized spacial score (nSPS) is 25.6. The van der Waals surface area contributed by atoms with Crippen LogP contribution >= 0.6 is 11.6 Å². The van der Waals surface area contributed by atoms with E-state index in [2.05, 4.69) is 46.8 Å². The van der Waals surface area contributed by atoms with Crippen molar-refractivity contribution in [1.82, 2.24) is 20.0 Å². The highest BCUT2D eigenvalue weighted by atomic mass is 35.5. The van der Waals surface area contributed by atoms with E-state index >= 15 is 0 Å². The SMILES string of the molecule is [C-]#[N+]c1ccc(N2CCC3(CCN(c4ccc(C(=O)N5C[C@@H]6C[C@H]5CN6C5CCN(c6ccc7c(c6)C(=O)N(C6CCC(=O)NC6=O)C7=O)CC5)cc4)CC3)C2)cc1Cl. The van der Waals surface area contributed by atoms with Gasteiger partial charge in [-0.1, -0.05) is 17.7 Å². The Labute approximate surface area is 348 Å². The highest BCUT2D eigenvalue weighted by Gasteiger charge is 2.49. The molecule has 304 valence electrons. The van der Waals surface area contributed by atoms with E-state index in [1.54, 1.807) is 12.1 Å². The number of hydrogen-bond acceptors (Lipinski definition) is 9. The predicted octanol–water partition coefficient (Wildman–Crippen LogP) is 5.36. The molecule has 14 heteroatoms. The number of carbonyl (C=O) groups excluding carboxylic acids is 5. The van der Waals surface area contributed by atoms with Crippen LogP contribution in [0.15, 0.2) is 60.7 Å². The van der Waals surface area contributed by atoms with Gasteiger partial charge < -0.3 is 19.6 Å². The van der Waals surface area contributed by atoms with Crippen molar-refractivity contribution >= 4 is 63.9 Å². The summed E-state index contributed by atoms with van der Waals surface area (Å²) in [6.45, 7) is 14.5. The van der Waals surface area contributed by atoms with E-state index in [-0.39, 0.29) is 30.2 Å². The van der Waals surface area contributed by atoms with Gasteiger partial charge in [0.15, 0.2) is 0 Å². The van der Waals surface area contributed by atoms with Gasteiger partial charge in [-0.15, -0.1) is 0 Å². The Morgan fingerprint density at radius 1 is 0.729 bits per heavy atom. The van der Waals surface area contributed by atoms with Crippen LogP contribution < -0.4 is 20.0 Å². The van der Waals surface area contributed by atoms with Crippen molar-refractivity contribution < 1.29 is 24.0 Å². The Morgan fingerprint density at radius 3 is 2.07 bits per heavy atom. The number of halogens is 1. The second-order valence-electron chi connectivity index (χ2n) is 17.5. The van der Waals surface area contributed by atoms with Crippen LogP contribution in [0.1, 0.15) is 82.4 Å². The number of amides is 5. The monoisotopic (exact) mass is 814 g/mol. The van der Waals surface area contributed by atoms with Crippen molar-refractivity contribution in [2.24, 2.45) is 5.41 Å². The number of carbonyl (C=O) groups is 5. The fourth-order valence-corrected chi connectivity index (χ4v) is 11.3. The molecule has 13 nitrogen and oxygen atoms in total. The minimum absolute atomic E-state index is 0.0909. The molecule has 7 heterocycles. The summed E-state index contributed by atoms with van der Waals surface area (Å²) in [4.78, 5) is 80.9. The summed E-state index contributed by atoms with van der Waals surface area (Å²) in [7, 11) is 0. The van der Waals surface area contributed by atoms with Gasteiger partial charge in [-0.2, -0.15) is 0 Å². The average molecular weight is 815 g/mol. The average Bonchev–Trinajstić information content (AvgIpc) is 4.04. The summed E-state index contributed by atoms with van der Waals surface area (Å²) < 4.78 is 0. The van der Waals surface area contributed by atoms with Crippen molar-refractivity contribution in [3.8, 4) is 0 Å². The Hall–Kier alpha value is -5.45. The maximum Gasteiger partial charge on any atom is 0.262 e. The van der Waals surface area contributed by atoms with E-state index in [1.807, 2.05) is 36.4 Å². The van der Waals surface area contributed by atoms with Gasteiger partial charge in [-0.3, -0.25) is 39.1 Å². The standard InChI is InChI=1S/C45H47ClN8O5/c1-47-38-9-7-32(24-37(38)46)51-21-16-45(27-51)14-19-50(20-15-45)29-4-2-28(3-5-29)42(57)53-26-33-22-34(53)25-52(33)30-12-17-49(18-13-30)31-6-8-35-36(23-31)44(59)54(43(35)58)39-10-11-40(55)48-41(39)56/h2-9,23-24,30,33-34,39H,10-22,25-27H2,(H,48,55,56)/t33-,34-,39?/m0/s1. The number of piperazine rings is 1. The summed E-state index contributed by atoms with van der Waals surface area (Å²) in [5.41, 5.74) is 5.28. The van der Waals surface area contributed by atoms with Gasteiger partial charge >= 0.3 is 0 Å². The van der Waals surface area contributed by atoms with Gasteiger partial charge in [0.25, 0.3) is 17.7 Å². The number of nitrogens with zero attached hydrogens (tertiary/aromatic N) is 7. The minimum atomic E-state index is -0.976. The van der Waals surface area contributed by atoms with Gasteiger partial charge in [-0.25, -0.2) is 4.85 Å². The lowest BCUT2D eigenvalue weighted by Gasteiger charge is -2.43. The number of likely N-dealkylation sites (tertiary alicyclic amines) is 2. The largest absolute Gasteiger partial charge is 0.371 e. The van der Waals surface area contributed by atoms with Crippen molar-refractivity contribution in [1.29, 1.82) is 0 Å². The smallest absolute Gasteiger partial charge is 0.262 e. The molecule has 3 aromatic rings. The first-order valence-corrected chi connectivity index (χ1v) is 21.4. The van der Waals surface area contributed by atoms with Gasteiger partial charge in [0.2, 0.25) is 17.5 Å². The third-order valence-corrected chi connectivity index (χ3v) is 14.7. The van der Waals surface area contributed by atoms with Crippen molar-refractivity contribution in [2.75, 3.05) is 67.1 Å². The lowest BCUT2D eigenvalue weighted by Crippen LogP contribution is -2.54. The summed E-state index contributed by atoms with van der Waals surface area (Å²) in [5, 5.41) is 2.77. The van der Waals surface area contributed by atoms with E-state index in [9.17, 15) is 24.0 Å². The van der Waals surface area contributed by atoms with Crippen LogP contribution in [0, 0.1) is 12.0 Å². The van der Waals surface area contributed by atoms with E-state index in [0.717, 1.165) is 113 Å². The summed E-state index contributed by atoms with van der Waals surface area (Å²) >= 11 is 6.35. The molecule has 3 atom stereocenters. The molecule has 10 rings (SSSR count). The molecule has 0 aromatic heterocycles. The Morgan fingerprint density at radius 2 is 1.39 bits per heavy atom. The third-order valence-electron chi connectivity index (χ3n) is 14.4. The van der Waals surface area contributed by atoms with E-state index in [4.69, 9.17) is 18.2 Å². The first-order chi connectivity index (χ1) is 28.6. The second-order valence-corrected chi connectivity index (χ2v) is 18.0. The van der Waals surface area contributed by atoms with Crippen LogP contribution in [-0.4, -0.2) is 121 Å². The Balaban J connectivity index is 0.702. The molecule has 6 saturated heterocycles. The molecule has 1 unspecified atom stereocenters. The van der Waals surface area contributed by atoms with E-state index in [0.29, 0.717) is 33.9 Å². The van der Waals surface area contributed by atoms with Crippen molar-refractivity contribution in [3.63, 3.8) is 0 Å². The number of rotatable bonds is 6. The Kier molecular flexibility index (Phi) is 9.40. The molecule has 7 aliphatic rings. The number of hydrogen-bond donors (Lipinski definition) is 1. The number of imide groups is 2. The highest BCUT2D eigenvalue weighted by molar-refractivity contribution is 6.33. The molecule has 0 radical (unpaired) electrons. The second kappa shape index (κ2) is 14.7. The zero-order valence-electron chi connectivity index (χ0n) is 32.9. The van der Waals surface area contributed by atoms with Gasteiger partial charge in [0, 0.05) is 105 Å². The first kappa shape index (κ1) is 37.8. The van der Waals surface area contributed by atoms with Gasteiger partial charge in [0.05, 0.1) is 17.7 Å². The quantitative estimate of drug-likeness (QED) is 0.259. The topological polar surface area (TPSA) is 121 Å². The molecular formula is C45H47ClN8O5. The third kappa shape index (κ3) is 6.61. The minimum Gasteiger partial charge on any atom is -0.371 e. The maximum atomic E-state index is 13.8. The number of piperidine rings is 3. The number of nitrogens with one attached hydrogen (secondary N) is 1. The highest BCUT2D eigenvalue weighted by Crippen LogP contribution is 2.44. The molecule has 0 aliphatic carbocycles. The molecule has 1 N–H and O–H groups in total. The van der Waals surface area contributed by atoms with Crippen LogP contribution in [0.2, 0.25) is 5.02 Å². The summed E-state index contributed by atoms with van der Waals surface area (Å²) in [6, 6.07) is 19.4. The fourth-order valence-electron chi connectivity index (χ4n) is 11.1. The molecule has 6 fully saturated rings. The van der Waals surface area contributed by atoms with Crippen LogP contribution in [0.5, 0.6) is 0 Å². The molecule has 1 spiro atoms. The fraction of sp³-hybridized carbons (Fsp3) is 0.467. The zero-order chi connectivity index (χ0) is 40.6. The Bertz CT molecular complexity index is 2300. The summed E-state index contributed by atoms with van der Waals surface area (Å²) in [6.07, 6.45) is 6.55. The molecule has 59 heavy (non-hydrogen) atoms. The van der Waals surface area contributed by atoms with Gasteiger partial charge in [-0.05, 0) is 105 Å². The lowest BCUT2D eigenvalue weighted by molar-refractivity contribution is -0.136. The first-order valence-electron chi connectivity index (χ1n) is 21.0. The molecular weight excluding hydrogens is 768 g/mol. The van der Waals surface area contributed by atoms with Crippen LogP contribution in [-0.2, 0) is 9.59 Å². The number of anilines is 3. The van der Waals surface area contributed by atoms with Crippen LogP contribution in [0.3, 0.4) is 0 Å². The number of benzene rings is 3. The summed E-state index contributed by atoms with van der Waals surface area (Å²) in [5.74, 6) is -1.86. The zero-order valence-corrected chi connectivity index (χ0v) is 33.7. The van der Waals surface area contributed by atoms with Crippen molar-refractivity contribution in [3.05, 3.63) is 93.8 Å². The molecule has 0 saturated carbocycles.